The van der Waals surface area contributed by atoms with Gasteiger partial charge in [0.1, 0.15) is 11.5 Å². The average molecular weight is 396 g/mol. The van der Waals surface area contributed by atoms with Crippen molar-refractivity contribution in [2.75, 3.05) is 5.32 Å². The van der Waals surface area contributed by atoms with E-state index in [1.807, 2.05) is 31.2 Å². The second kappa shape index (κ2) is 8.69. The van der Waals surface area contributed by atoms with Gasteiger partial charge in [0.05, 0.1) is 11.4 Å². The summed E-state index contributed by atoms with van der Waals surface area (Å²) in [5.41, 5.74) is 1.82. The summed E-state index contributed by atoms with van der Waals surface area (Å²) >= 11 is 0. The van der Waals surface area contributed by atoms with Gasteiger partial charge in [-0.3, -0.25) is 4.79 Å². The van der Waals surface area contributed by atoms with Gasteiger partial charge in [-0.25, -0.2) is 13.1 Å². The Morgan fingerprint density at radius 2 is 1.71 bits per heavy atom. The van der Waals surface area contributed by atoms with Crippen molar-refractivity contribution in [1.29, 1.82) is 0 Å². The Hall–Kier alpha value is -3.16. The number of carbonyl (C=O) groups is 1. The van der Waals surface area contributed by atoms with Crippen LogP contribution >= 0.6 is 0 Å². The number of nitrogens with one attached hydrogen (secondary N) is 2. The Labute approximate surface area is 163 Å². The van der Waals surface area contributed by atoms with Crippen molar-refractivity contribution in [2.45, 2.75) is 18.4 Å². The molecule has 0 unspecified atom stereocenters. The molecule has 0 aliphatic carbocycles. The van der Waals surface area contributed by atoms with E-state index in [0.717, 1.165) is 5.56 Å². The zero-order chi connectivity index (χ0) is 20.0. The fourth-order valence-corrected chi connectivity index (χ4v) is 3.42. The van der Waals surface area contributed by atoms with Crippen LogP contribution < -0.4 is 10.0 Å². The Balaban J connectivity index is 1.55. The molecule has 2 aromatic carbocycles. The van der Waals surface area contributed by atoms with Crippen molar-refractivity contribution in [3.8, 4) is 0 Å². The average Bonchev–Trinajstić information content (AvgIpc) is 3.15. The molecule has 7 heteroatoms. The molecule has 1 aromatic heterocycles. The molecule has 3 aromatic rings. The summed E-state index contributed by atoms with van der Waals surface area (Å²) in [4.78, 5) is 12.1. The summed E-state index contributed by atoms with van der Waals surface area (Å²) in [6.07, 6.45) is 2.88. The Bertz CT molecular complexity index is 1070. The van der Waals surface area contributed by atoms with Crippen LogP contribution in [0.15, 0.2) is 82.1 Å². The van der Waals surface area contributed by atoms with Crippen LogP contribution in [0, 0.1) is 6.92 Å². The van der Waals surface area contributed by atoms with Crippen molar-refractivity contribution in [3.63, 3.8) is 0 Å². The first kappa shape index (κ1) is 19.6. The quantitative estimate of drug-likeness (QED) is 0.596. The molecule has 2 N–H and O–H groups in total. The van der Waals surface area contributed by atoms with Gasteiger partial charge in [0.25, 0.3) is 0 Å². The van der Waals surface area contributed by atoms with Gasteiger partial charge in [-0.1, -0.05) is 35.9 Å². The van der Waals surface area contributed by atoms with Crippen LogP contribution in [0.5, 0.6) is 0 Å². The number of rotatable bonds is 7. The van der Waals surface area contributed by atoms with E-state index in [1.165, 1.54) is 24.3 Å². The first-order valence-electron chi connectivity index (χ1n) is 8.61. The van der Waals surface area contributed by atoms with Crippen molar-refractivity contribution in [2.24, 2.45) is 0 Å². The van der Waals surface area contributed by atoms with E-state index in [2.05, 4.69) is 10.0 Å². The first-order valence-corrected chi connectivity index (χ1v) is 10.1. The number of furan rings is 1. The molecular formula is C21H20N2O4S. The second-order valence-electron chi connectivity index (χ2n) is 6.13. The molecule has 6 nitrogen and oxygen atoms in total. The summed E-state index contributed by atoms with van der Waals surface area (Å²) in [5, 5.41) is 2.75. The zero-order valence-electron chi connectivity index (χ0n) is 15.3. The maximum absolute atomic E-state index is 12.2. The SMILES string of the molecule is Cc1ccc(NC(=O)/C=C/c2ccc(CNS(=O)(=O)c3ccccc3)o2)cc1. The van der Waals surface area contributed by atoms with E-state index in [1.54, 1.807) is 30.3 Å². The van der Waals surface area contributed by atoms with Crippen molar-refractivity contribution in [3.05, 3.63) is 89.9 Å². The van der Waals surface area contributed by atoms with Gasteiger partial charge in [-0.15, -0.1) is 0 Å². The van der Waals surface area contributed by atoms with Crippen molar-refractivity contribution in [1.82, 2.24) is 4.72 Å². The summed E-state index contributed by atoms with van der Waals surface area (Å²) < 4.78 is 32.4. The lowest BCUT2D eigenvalue weighted by Gasteiger charge is -2.04. The highest BCUT2D eigenvalue weighted by atomic mass is 32.2. The normalized spacial score (nSPS) is 11.6. The van der Waals surface area contributed by atoms with Gasteiger partial charge >= 0.3 is 0 Å². The number of aryl methyl sites for hydroxylation is 1. The van der Waals surface area contributed by atoms with E-state index in [0.29, 0.717) is 17.2 Å². The predicted octanol–water partition coefficient (Wildman–Crippen LogP) is 3.72. The largest absolute Gasteiger partial charge is 0.460 e. The topological polar surface area (TPSA) is 88.4 Å². The molecule has 0 saturated carbocycles. The Morgan fingerprint density at radius 1 is 1.00 bits per heavy atom. The monoisotopic (exact) mass is 396 g/mol. The smallest absolute Gasteiger partial charge is 0.248 e. The number of benzene rings is 2. The van der Waals surface area contributed by atoms with Gasteiger partial charge in [0.2, 0.25) is 15.9 Å². The molecule has 144 valence electrons. The van der Waals surface area contributed by atoms with Gasteiger partial charge in [-0.05, 0) is 49.4 Å². The molecule has 1 heterocycles. The van der Waals surface area contributed by atoms with Gasteiger partial charge in [-0.2, -0.15) is 0 Å². The molecule has 0 aliphatic rings. The highest BCUT2D eigenvalue weighted by Crippen LogP contribution is 2.13. The standard InChI is InChI=1S/C21H20N2O4S/c1-16-7-9-17(10-8-16)23-21(24)14-13-18-11-12-19(27-18)15-22-28(25,26)20-5-3-2-4-6-20/h2-14,22H,15H2,1H3,(H,23,24)/b14-13+. The first-order chi connectivity index (χ1) is 13.4. The number of anilines is 1. The molecule has 0 atom stereocenters. The molecule has 0 fully saturated rings. The van der Waals surface area contributed by atoms with Gasteiger partial charge < -0.3 is 9.73 Å². The highest BCUT2D eigenvalue weighted by Gasteiger charge is 2.13. The zero-order valence-corrected chi connectivity index (χ0v) is 16.1. The minimum atomic E-state index is -3.60. The molecule has 1 amide bonds. The minimum Gasteiger partial charge on any atom is -0.460 e. The molecular weight excluding hydrogens is 376 g/mol. The van der Waals surface area contributed by atoms with Crippen LogP contribution in [-0.4, -0.2) is 14.3 Å². The third kappa shape index (κ3) is 5.42. The number of carbonyl (C=O) groups excluding carboxylic acids is 1. The Morgan fingerprint density at radius 3 is 2.43 bits per heavy atom. The van der Waals surface area contributed by atoms with E-state index < -0.39 is 10.0 Å². The third-order valence-electron chi connectivity index (χ3n) is 3.89. The third-order valence-corrected chi connectivity index (χ3v) is 5.31. The maximum atomic E-state index is 12.2. The maximum Gasteiger partial charge on any atom is 0.248 e. The van der Waals surface area contributed by atoms with Crippen LogP contribution in [0.1, 0.15) is 17.1 Å². The fourth-order valence-electron chi connectivity index (χ4n) is 2.41. The molecule has 28 heavy (non-hydrogen) atoms. The highest BCUT2D eigenvalue weighted by molar-refractivity contribution is 7.89. The van der Waals surface area contributed by atoms with Crippen LogP contribution in [0.2, 0.25) is 0 Å². The van der Waals surface area contributed by atoms with Crippen LogP contribution in [0.4, 0.5) is 5.69 Å². The molecule has 0 bridgehead atoms. The van der Waals surface area contributed by atoms with E-state index >= 15 is 0 Å². The molecule has 0 aliphatic heterocycles. The number of amides is 1. The number of hydrogen-bond acceptors (Lipinski definition) is 4. The summed E-state index contributed by atoms with van der Waals surface area (Å²) in [6, 6.07) is 18.9. The summed E-state index contributed by atoms with van der Waals surface area (Å²) in [5.74, 6) is 0.609. The van der Waals surface area contributed by atoms with Crippen molar-refractivity contribution >= 4 is 27.7 Å². The lowest BCUT2D eigenvalue weighted by atomic mass is 10.2. The lowest BCUT2D eigenvalue weighted by molar-refractivity contribution is -0.111. The van der Waals surface area contributed by atoms with Crippen LogP contribution in [0.25, 0.3) is 6.08 Å². The predicted molar refractivity (Wildman–Crippen MR) is 108 cm³/mol. The summed E-state index contributed by atoms with van der Waals surface area (Å²) in [6.45, 7) is 1.99. The lowest BCUT2D eigenvalue weighted by Crippen LogP contribution is -2.22. The van der Waals surface area contributed by atoms with Crippen molar-refractivity contribution < 1.29 is 17.6 Å². The van der Waals surface area contributed by atoms with Gasteiger partial charge in [0, 0.05) is 11.8 Å². The summed E-state index contributed by atoms with van der Waals surface area (Å²) in [7, 11) is -3.60. The molecule has 0 radical (unpaired) electrons. The molecule has 3 rings (SSSR count). The van der Waals surface area contributed by atoms with E-state index in [-0.39, 0.29) is 17.3 Å². The fraction of sp³-hybridized carbons (Fsp3) is 0.0952. The second-order valence-corrected chi connectivity index (χ2v) is 7.90. The van der Waals surface area contributed by atoms with E-state index in [4.69, 9.17) is 4.42 Å². The van der Waals surface area contributed by atoms with E-state index in [9.17, 15) is 13.2 Å². The molecule has 0 spiro atoms. The molecule has 0 saturated heterocycles. The Kier molecular flexibility index (Phi) is 6.08. The van der Waals surface area contributed by atoms with Crippen LogP contribution in [0.3, 0.4) is 0 Å². The van der Waals surface area contributed by atoms with Crippen LogP contribution in [-0.2, 0) is 21.4 Å². The van der Waals surface area contributed by atoms with Gasteiger partial charge in [0.15, 0.2) is 0 Å². The number of sulfonamides is 1. The minimum absolute atomic E-state index is 0.0145. The number of hydrogen-bond donors (Lipinski definition) is 2.